The van der Waals surface area contributed by atoms with E-state index in [-0.39, 0.29) is 12.1 Å². The van der Waals surface area contributed by atoms with Crippen molar-refractivity contribution in [1.82, 2.24) is 15.2 Å². The molecule has 2 heterocycles. The number of aromatic nitrogens is 1. The van der Waals surface area contributed by atoms with Crippen LogP contribution in [0.1, 0.15) is 11.1 Å². The molecule has 1 atom stereocenters. The molecule has 0 bridgehead atoms. The summed E-state index contributed by atoms with van der Waals surface area (Å²) in [4.78, 5) is 16.5. The Morgan fingerprint density at radius 3 is 3.00 bits per heavy atom. The Labute approximate surface area is 118 Å². The van der Waals surface area contributed by atoms with Gasteiger partial charge >= 0.3 is 6.03 Å². The minimum absolute atomic E-state index is 0.0153. The van der Waals surface area contributed by atoms with Gasteiger partial charge in [-0.1, -0.05) is 6.07 Å². The Morgan fingerprint density at radius 2 is 2.30 bits per heavy atom. The van der Waals surface area contributed by atoms with Crippen molar-refractivity contribution in [2.75, 3.05) is 20.1 Å². The van der Waals surface area contributed by atoms with Crippen molar-refractivity contribution in [3.63, 3.8) is 0 Å². The maximum Gasteiger partial charge on any atom is 0.317 e. The number of H-pyrrole nitrogens is 1. The van der Waals surface area contributed by atoms with E-state index in [4.69, 9.17) is 5.73 Å². The maximum atomic E-state index is 11.5. The molecule has 106 valence electrons. The van der Waals surface area contributed by atoms with Crippen molar-refractivity contribution < 1.29 is 4.79 Å². The molecule has 20 heavy (non-hydrogen) atoms. The molecule has 1 saturated heterocycles. The van der Waals surface area contributed by atoms with Crippen LogP contribution in [0.25, 0.3) is 10.9 Å². The zero-order chi connectivity index (χ0) is 14.1. The molecular weight excluding hydrogens is 252 g/mol. The molecule has 5 heteroatoms. The fourth-order valence-corrected chi connectivity index (χ4v) is 2.86. The minimum atomic E-state index is 0.0153. The largest absolute Gasteiger partial charge is 0.361 e. The molecule has 1 unspecified atom stereocenters. The molecule has 1 aliphatic heterocycles. The molecular formula is C15H20N4O. The summed E-state index contributed by atoms with van der Waals surface area (Å²) in [5.74, 6) is 0. The summed E-state index contributed by atoms with van der Waals surface area (Å²) in [5, 5.41) is 4.23. The molecule has 1 fully saturated rings. The molecule has 2 aromatic rings. The van der Waals surface area contributed by atoms with E-state index >= 15 is 0 Å². The number of benzene rings is 1. The van der Waals surface area contributed by atoms with E-state index in [1.807, 2.05) is 13.2 Å². The minimum Gasteiger partial charge on any atom is -0.361 e. The van der Waals surface area contributed by atoms with Gasteiger partial charge in [-0.2, -0.15) is 0 Å². The van der Waals surface area contributed by atoms with Gasteiger partial charge in [-0.3, -0.25) is 0 Å². The van der Waals surface area contributed by atoms with E-state index in [1.165, 1.54) is 16.5 Å². The second kappa shape index (κ2) is 5.17. The Kier molecular flexibility index (Phi) is 3.36. The first kappa shape index (κ1) is 13.0. The van der Waals surface area contributed by atoms with E-state index < -0.39 is 0 Å². The Hall–Kier alpha value is -2.01. The molecule has 0 aliphatic carbocycles. The molecule has 0 radical (unpaired) electrons. The highest BCUT2D eigenvalue weighted by Gasteiger charge is 2.25. The number of carbonyl (C=O) groups is 1. The average Bonchev–Trinajstić information content (AvgIpc) is 2.95. The molecule has 2 amide bonds. The number of fused-ring (bicyclic) bond motifs is 1. The topological polar surface area (TPSA) is 74.2 Å². The summed E-state index contributed by atoms with van der Waals surface area (Å²) >= 11 is 0. The molecule has 0 saturated carbocycles. The van der Waals surface area contributed by atoms with E-state index in [9.17, 15) is 4.79 Å². The quantitative estimate of drug-likeness (QED) is 0.783. The number of carbonyl (C=O) groups excluding carboxylic acids is 1. The number of likely N-dealkylation sites (N-methyl/N-ethyl adjacent to an activating group) is 1. The maximum absolute atomic E-state index is 11.5. The van der Waals surface area contributed by atoms with Gasteiger partial charge in [0.25, 0.3) is 0 Å². The number of nitrogens with zero attached hydrogens (tertiary/aromatic N) is 1. The predicted octanol–water partition coefficient (Wildman–Crippen LogP) is 1.24. The molecule has 1 aliphatic rings. The number of rotatable bonds is 4. The zero-order valence-corrected chi connectivity index (χ0v) is 11.6. The van der Waals surface area contributed by atoms with Crippen LogP contribution in [0.5, 0.6) is 0 Å². The van der Waals surface area contributed by atoms with Gasteiger partial charge in [0.05, 0.1) is 6.04 Å². The van der Waals surface area contributed by atoms with E-state index in [1.54, 1.807) is 4.90 Å². The highest BCUT2D eigenvalue weighted by Crippen LogP contribution is 2.21. The van der Waals surface area contributed by atoms with Gasteiger partial charge in [-0.25, -0.2) is 4.79 Å². The first-order valence-corrected chi connectivity index (χ1v) is 6.98. The van der Waals surface area contributed by atoms with Crippen LogP contribution in [0.2, 0.25) is 0 Å². The van der Waals surface area contributed by atoms with Gasteiger partial charge in [-0.15, -0.1) is 0 Å². The van der Waals surface area contributed by atoms with Crippen LogP contribution in [0.4, 0.5) is 4.79 Å². The van der Waals surface area contributed by atoms with Crippen molar-refractivity contribution in [3.05, 3.63) is 35.5 Å². The second-order valence-electron chi connectivity index (χ2n) is 5.46. The first-order valence-electron chi connectivity index (χ1n) is 6.98. The van der Waals surface area contributed by atoms with Gasteiger partial charge in [0.1, 0.15) is 0 Å². The van der Waals surface area contributed by atoms with Crippen molar-refractivity contribution >= 4 is 16.9 Å². The molecule has 4 N–H and O–H groups in total. The van der Waals surface area contributed by atoms with Crippen LogP contribution in [0, 0.1) is 0 Å². The van der Waals surface area contributed by atoms with Crippen molar-refractivity contribution in [2.24, 2.45) is 5.73 Å². The first-order chi connectivity index (χ1) is 9.67. The van der Waals surface area contributed by atoms with Crippen LogP contribution < -0.4 is 11.1 Å². The third-order valence-electron chi connectivity index (χ3n) is 3.90. The van der Waals surface area contributed by atoms with E-state index in [0.717, 1.165) is 24.9 Å². The summed E-state index contributed by atoms with van der Waals surface area (Å²) in [5.41, 5.74) is 9.30. The van der Waals surface area contributed by atoms with E-state index in [2.05, 4.69) is 28.5 Å². The lowest BCUT2D eigenvalue weighted by Crippen LogP contribution is -2.28. The van der Waals surface area contributed by atoms with Gasteiger partial charge in [0.2, 0.25) is 0 Å². The highest BCUT2D eigenvalue weighted by molar-refractivity contribution is 5.84. The molecule has 5 nitrogen and oxygen atoms in total. The fraction of sp³-hybridized carbons (Fsp3) is 0.400. The summed E-state index contributed by atoms with van der Waals surface area (Å²) in [6, 6.07) is 6.64. The Morgan fingerprint density at radius 1 is 1.45 bits per heavy atom. The highest BCUT2D eigenvalue weighted by atomic mass is 16.2. The number of nitrogens with two attached hydrogens (primary N) is 1. The zero-order valence-electron chi connectivity index (χ0n) is 11.6. The third kappa shape index (κ3) is 2.36. The third-order valence-corrected chi connectivity index (χ3v) is 3.90. The van der Waals surface area contributed by atoms with Gasteiger partial charge in [0, 0.05) is 30.7 Å². The van der Waals surface area contributed by atoms with Crippen LogP contribution in [-0.2, 0) is 12.8 Å². The summed E-state index contributed by atoms with van der Waals surface area (Å²) < 4.78 is 0. The van der Waals surface area contributed by atoms with Crippen molar-refractivity contribution in [2.45, 2.75) is 18.9 Å². The lowest BCUT2D eigenvalue weighted by Gasteiger charge is -2.09. The van der Waals surface area contributed by atoms with Gasteiger partial charge in [0.15, 0.2) is 0 Å². The number of hydrogen-bond acceptors (Lipinski definition) is 2. The summed E-state index contributed by atoms with van der Waals surface area (Å²) in [6.07, 6.45) is 3.78. The molecule has 0 spiro atoms. The SMILES string of the molecule is CN1CC(Cc2ccc3[nH]cc(CCN)c3c2)NC1=O. The normalized spacial score (nSPS) is 18.8. The molecule has 1 aromatic carbocycles. The smallest absolute Gasteiger partial charge is 0.317 e. The lowest BCUT2D eigenvalue weighted by atomic mass is 10.0. The van der Waals surface area contributed by atoms with E-state index in [0.29, 0.717) is 6.54 Å². The summed E-state index contributed by atoms with van der Waals surface area (Å²) in [6.45, 7) is 1.42. The average molecular weight is 272 g/mol. The number of urea groups is 1. The second-order valence-corrected chi connectivity index (χ2v) is 5.46. The van der Waals surface area contributed by atoms with Crippen molar-refractivity contribution in [3.8, 4) is 0 Å². The van der Waals surface area contributed by atoms with Crippen molar-refractivity contribution in [1.29, 1.82) is 0 Å². The number of aromatic amines is 1. The van der Waals surface area contributed by atoms with Gasteiger partial charge in [-0.05, 0) is 42.6 Å². The van der Waals surface area contributed by atoms with Crippen LogP contribution in [0.15, 0.2) is 24.4 Å². The summed E-state index contributed by atoms with van der Waals surface area (Å²) in [7, 11) is 1.82. The lowest BCUT2D eigenvalue weighted by molar-refractivity contribution is 0.226. The van der Waals surface area contributed by atoms with Crippen LogP contribution in [-0.4, -0.2) is 42.1 Å². The van der Waals surface area contributed by atoms with Gasteiger partial charge < -0.3 is 20.9 Å². The monoisotopic (exact) mass is 272 g/mol. The predicted molar refractivity (Wildman–Crippen MR) is 79.7 cm³/mol. The number of amides is 2. The fourth-order valence-electron chi connectivity index (χ4n) is 2.86. The number of nitrogens with one attached hydrogen (secondary N) is 2. The van der Waals surface area contributed by atoms with Crippen LogP contribution in [0.3, 0.4) is 0 Å². The number of hydrogen-bond donors (Lipinski definition) is 3. The molecule has 3 rings (SSSR count). The Bertz CT molecular complexity index is 634. The Balaban J connectivity index is 1.81. The standard InChI is InChI=1S/C15H20N4O/c1-19-9-12(18-15(19)20)6-10-2-3-14-13(7-10)11(4-5-16)8-17-14/h2-3,7-8,12,17H,4-6,9,16H2,1H3,(H,18,20). The van der Waals surface area contributed by atoms with Crippen LogP contribution >= 0.6 is 0 Å². The molecule has 1 aromatic heterocycles.